The zero-order valence-corrected chi connectivity index (χ0v) is 13.9. The molecule has 3 aromatic rings. The average molecular weight is 324 g/mol. The van der Waals surface area contributed by atoms with Crippen LogP contribution in [-0.4, -0.2) is 30.6 Å². The fourth-order valence-electron chi connectivity index (χ4n) is 2.20. The second kappa shape index (κ2) is 6.27. The molecular formula is C17H20N6O. The SMILES string of the molecule is CC(C)(C)c1cc(C(=O)NCc2ccnc(-n3ccnc3)c2)n[nH]1. The van der Waals surface area contributed by atoms with Gasteiger partial charge >= 0.3 is 0 Å². The first-order valence-corrected chi connectivity index (χ1v) is 7.71. The number of carbonyl (C=O) groups is 1. The number of nitrogens with one attached hydrogen (secondary N) is 2. The summed E-state index contributed by atoms with van der Waals surface area (Å²) in [5.74, 6) is 0.553. The van der Waals surface area contributed by atoms with Crippen LogP contribution >= 0.6 is 0 Å². The summed E-state index contributed by atoms with van der Waals surface area (Å²) in [5, 5.41) is 9.89. The summed E-state index contributed by atoms with van der Waals surface area (Å²) < 4.78 is 1.81. The second-order valence-electron chi connectivity index (χ2n) is 6.59. The Labute approximate surface area is 140 Å². The quantitative estimate of drug-likeness (QED) is 0.770. The van der Waals surface area contributed by atoms with Crippen molar-refractivity contribution in [3.63, 3.8) is 0 Å². The fourth-order valence-corrected chi connectivity index (χ4v) is 2.20. The van der Waals surface area contributed by atoms with Crippen LogP contribution in [0.3, 0.4) is 0 Å². The number of hydrogen-bond donors (Lipinski definition) is 2. The molecule has 0 aliphatic heterocycles. The molecule has 7 nitrogen and oxygen atoms in total. The molecule has 0 bridgehead atoms. The minimum Gasteiger partial charge on any atom is -0.347 e. The molecule has 0 saturated heterocycles. The van der Waals surface area contributed by atoms with E-state index in [0.29, 0.717) is 12.2 Å². The normalized spacial score (nSPS) is 11.5. The Hall–Kier alpha value is -2.96. The van der Waals surface area contributed by atoms with Gasteiger partial charge in [0.2, 0.25) is 0 Å². The van der Waals surface area contributed by atoms with Gasteiger partial charge in [0.1, 0.15) is 17.8 Å². The summed E-state index contributed by atoms with van der Waals surface area (Å²) >= 11 is 0. The molecule has 0 aliphatic rings. The summed E-state index contributed by atoms with van der Waals surface area (Å²) in [5.41, 5.74) is 2.20. The lowest BCUT2D eigenvalue weighted by Gasteiger charge is -2.14. The topological polar surface area (TPSA) is 88.5 Å². The maximum atomic E-state index is 12.2. The number of rotatable bonds is 4. The minimum atomic E-state index is -0.206. The summed E-state index contributed by atoms with van der Waals surface area (Å²) in [6, 6.07) is 5.57. The predicted octanol–water partition coefficient (Wildman–Crippen LogP) is 2.22. The smallest absolute Gasteiger partial charge is 0.272 e. The highest BCUT2D eigenvalue weighted by molar-refractivity contribution is 5.92. The molecule has 0 aromatic carbocycles. The van der Waals surface area contributed by atoms with Crippen molar-refractivity contribution in [1.29, 1.82) is 0 Å². The van der Waals surface area contributed by atoms with Crippen LogP contribution in [0.2, 0.25) is 0 Å². The summed E-state index contributed by atoms with van der Waals surface area (Å²) in [6.07, 6.45) is 6.91. The molecule has 0 saturated carbocycles. The Bertz CT molecular complexity index is 829. The lowest BCUT2D eigenvalue weighted by Crippen LogP contribution is -2.23. The van der Waals surface area contributed by atoms with Crippen LogP contribution in [0.5, 0.6) is 0 Å². The van der Waals surface area contributed by atoms with Crippen molar-refractivity contribution in [2.75, 3.05) is 0 Å². The molecule has 0 spiro atoms. The fraction of sp³-hybridized carbons (Fsp3) is 0.294. The van der Waals surface area contributed by atoms with Gasteiger partial charge in [0.05, 0.1) is 0 Å². The number of hydrogen-bond acceptors (Lipinski definition) is 4. The van der Waals surface area contributed by atoms with E-state index in [0.717, 1.165) is 17.1 Å². The van der Waals surface area contributed by atoms with Gasteiger partial charge in [0.15, 0.2) is 0 Å². The highest BCUT2D eigenvalue weighted by Gasteiger charge is 2.19. The van der Waals surface area contributed by atoms with Gasteiger partial charge in [0.25, 0.3) is 5.91 Å². The van der Waals surface area contributed by atoms with Crippen LogP contribution in [0.25, 0.3) is 5.82 Å². The van der Waals surface area contributed by atoms with Gasteiger partial charge in [-0.1, -0.05) is 20.8 Å². The van der Waals surface area contributed by atoms with Gasteiger partial charge in [-0.2, -0.15) is 5.10 Å². The number of H-pyrrole nitrogens is 1. The second-order valence-corrected chi connectivity index (χ2v) is 6.59. The zero-order valence-electron chi connectivity index (χ0n) is 13.9. The molecule has 3 heterocycles. The van der Waals surface area contributed by atoms with E-state index >= 15 is 0 Å². The van der Waals surface area contributed by atoms with E-state index in [1.54, 1.807) is 24.8 Å². The lowest BCUT2D eigenvalue weighted by molar-refractivity contribution is 0.0946. The van der Waals surface area contributed by atoms with Crippen molar-refractivity contribution < 1.29 is 4.79 Å². The monoisotopic (exact) mass is 324 g/mol. The van der Waals surface area contributed by atoms with E-state index in [4.69, 9.17) is 0 Å². The Kier molecular flexibility index (Phi) is 4.16. The molecule has 0 atom stereocenters. The van der Waals surface area contributed by atoms with Crippen LogP contribution in [-0.2, 0) is 12.0 Å². The van der Waals surface area contributed by atoms with Crippen LogP contribution in [0, 0.1) is 0 Å². The largest absolute Gasteiger partial charge is 0.347 e. The highest BCUT2D eigenvalue weighted by atomic mass is 16.1. The first kappa shape index (κ1) is 15.9. The van der Waals surface area contributed by atoms with Crippen LogP contribution in [0.15, 0.2) is 43.1 Å². The molecule has 3 rings (SSSR count). The Morgan fingerprint density at radius 3 is 2.79 bits per heavy atom. The van der Waals surface area contributed by atoms with Crippen molar-refractivity contribution >= 4 is 5.91 Å². The van der Waals surface area contributed by atoms with E-state index in [1.807, 2.05) is 22.9 Å². The molecule has 3 aromatic heterocycles. The van der Waals surface area contributed by atoms with Crippen molar-refractivity contribution in [2.24, 2.45) is 0 Å². The van der Waals surface area contributed by atoms with E-state index in [1.165, 1.54) is 0 Å². The maximum absolute atomic E-state index is 12.2. The summed E-state index contributed by atoms with van der Waals surface area (Å²) in [7, 11) is 0. The minimum absolute atomic E-state index is 0.0731. The standard InChI is InChI=1S/C17H20N6O/c1-17(2,3)14-9-13(21-22-14)16(24)20-10-12-4-5-19-15(8-12)23-7-6-18-11-23/h4-9,11H,10H2,1-3H3,(H,20,24)(H,21,22). The first-order valence-electron chi connectivity index (χ1n) is 7.71. The maximum Gasteiger partial charge on any atom is 0.272 e. The van der Waals surface area contributed by atoms with Gasteiger partial charge in [-0.05, 0) is 23.8 Å². The highest BCUT2D eigenvalue weighted by Crippen LogP contribution is 2.20. The molecule has 0 unspecified atom stereocenters. The predicted molar refractivity (Wildman–Crippen MR) is 89.8 cm³/mol. The number of imidazole rings is 1. The number of carbonyl (C=O) groups excluding carboxylic acids is 1. The third-order valence-corrected chi connectivity index (χ3v) is 3.65. The van der Waals surface area contributed by atoms with Crippen LogP contribution < -0.4 is 5.32 Å². The van der Waals surface area contributed by atoms with Gasteiger partial charge in [-0.25, -0.2) is 9.97 Å². The summed E-state index contributed by atoms with van der Waals surface area (Å²) in [6.45, 7) is 6.60. The van der Waals surface area contributed by atoms with Crippen molar-refractivity contribution in [3.8, 4) is 5.82 Å². The molecule has 0 radical (unpaired) electrons. The van der Waals surface area contributed by atoms with Gasteiger partial charge < -0.3 is 5.32 Å². The number of aromatic amines is 1. The average Bonchev–Trinajstić information content (AvgIpc) is 3.23. The third-order valence-electron chi connectivity index (χ3n) is 3.65. The van der Waals surface area contributed by atoms with E-state index in [-0.39, 0.29) is 11.3 Å². The third kappa shape index (κ3) is 3.51. The molecular weight excluding hydrogens is 304 g/mol. The number of nitrogens with zero attached hydrogens (tertiary/aromatic N) is 4. The Balaban J connectivity index is 1.66. The summed E-state index contributed by atoms with van der Waals surface area (Å²) in [4.78, 5) is 20.5. The van der Waals surface area contributed by atoms with Gasteiger partial charge in [-0.15, -0.1) is 0 Å². The molecule has 124 valence electrons. The molecule has 7 heteroatoms. The van der Waals surface area contributed by atoms with E-state index in [2.05, 4.69) is 46.3 Å². The Morgan fingerprint density at radius 1 is 1.29 bits per heavy atom. The molecule has 0 aliphatic carbocycles. The first-order chi connectivity index (χ1) is 11.4. The van der Waals surface area contributed by atoms with Crippen LogP contribution in [0.1, 0.15) is 42.5 Å². The lowest BCUT2D eigenvalue weighted by atomic mass is 9.92. The molecule has 0 fully saturated rings. The van der Waals surface area contributed by atoms with E-state index < -0.39 is 0 Å². The Morgan fingerprint density at radius 2 is 2.12 bits per heavy atom. The molecule has 24 heavy (non-hydrogen) atoms. The van der Waals surface area contributed by atoms with E-state index in [9.17, 15) is 4.79 Å². The molecule has 2 N–H and O–H groups in total. The number of aromatic nitrogens is 5. The van der Waals surface area contributed by atoms with Gasteiger partial charge in [-0.3, -0.25) is 14.5 Å². The number of amides is 1. The van der Waals surface area contributed by atoms with Crippen molar-refractivity contribution in [1.82, 2.24) is 30.0 Å². The van der Waals surface area contributed by atoms with Crippen LogP contribution in [0.4, 0.5) is 0 Å². The molecule has 1 amide bonds. The van der Waals surface area contributed by atoms with Crippen molar-refractivity contribution in [3.05, 3.63) is 60.1 Å². The zero-order chi connectivity index (χ0) is 17.2. The number of pyridine rings is 1. The van der Waals surface area contributed by atoms with Gasteiger partial charge in [0, 0.05) is 36.2 Å². The van der Waals surface area contributed by atoms with Crippen molar-refractivity contribution in [2.45, 2.75) is 32.7 Å².